The van der Waals surface area contributed by atoms with Gasteiger partial charge in [0.15, 0.2) is 0 Å². The summed E-state index contributed by atoms with van der Waals surface area (Å²) in [6, 6.07) is 5.69. The minimum absolute atomic E-state index is 0.150. The van der Waals surface area contributed by atoms with Crippen molar-refractivity contribution in [3.63, 3.8) is 0 Å². The predicted octanol–water partition coefficient (Wildman–Crippen LogP) is 2.79. The van der Waals surface area contributed by atoms with Crippen LogP contribution in [0.3, 0.4) is 0 Å². The molecule has 0 aliphatic heterocycles. The molecular formula is C19H19N5O. The van der Waals surface area contributed by atoms with Gasteiger partial charge in [-0.25, -0.2) is 4.98 Å². The lowest BCUT2D eigenvalue weighted by atomic mass is 9.75. The molecule has 2 heterocycles. The number of nitrogens with zero attached hydrogens (tertiary/aromatic N) is 4. The summed E-state index contributed by atoms with van der Waals surface area (Å²) in [4.78, 5) is 12.9. The number of phenolic OH excluding ortho intramolecular Hbond substituents is 1. The third-order valence-corrected chi connectivity index (χ3v) is 4.71. The zero-order valence-electron chi connectivity index (χ0n) is 13.7. The Labute approximate surface area is 145 Å². The molecule has 6 nitrogen and oxygen atoms in total. The van der Waals surface area contributed by atoms with Gasteiger partial charge in [-0.15, -0.1) is 0 Å². The lowest BCUT2D eigenvalue weighted by molar-refractivity contribution is 0.334. The number of hydrogen-bond donors (Lipinski definition) is 2. The monoisotopic (exact) mass is 333 g/mol. The van der Waals surface area contributed by atoms with Crippen LogP contribution in [0.5, 0.6) is 5.75 Å². The van der Waals surface area contributed by atoms with Crippen molar-refractivity contribution in [2.75, 3.05) is 0 Å². The Bertz CT molecular complexity index is 896. The van der Waals surface area contributed by atoms with E-state index >= 15 is 0 Å². The summed E-state index contributed by atoms with van der Waals surface area (Å²) in [5.74, 6) is 0.551. The molecule has 0 unspecified atom stereocenters. The van der Waals surface area contributed by atoms with Crippen LogP contribution in [-0.4, -0.2) is 30.7 Å². The first-order valence-corrected chi connectivity index (χ1v) is 8.20. The van der Waals surface area contributed by atoms with Gasteiger partial charge < -0.3 is 15.4 Å². The van der Waals surface area contributed by atoms with Crippen molar-refractivity contribution in [3.05, 3.63) is 61.6 Å². The first kappa shape index (κ1) is 15.5. The van der Waals surface area contributed by atoms with Gasteiger partial charge in [-0.2, -0.15) is 0 Å². The summed E-state index contributed by atoms with van der Waals surface area (Å²) in [7, 11) is 0. The van der Waals surface area contributed by atoms with Gasteiger partial charge in [0.2, 0.25) is 0 Å². The third kappa shape index (κ3) is 2.92. The minimum Gasteiger partial charge on any atom is -0.507 e. The molecule has 1 saturated carbocycles. The van der Waals surface area contributed by atoms with Crippen LogP contribution in [0.4, 0.5) is 0 Å². The van der Waals surface area contributed by atoms with E-state index in [0.717, 1.165) is 29.8 Å². The van der Waals surface area contributed by atoms with Crippen LogP contribution in [0, 0.1) is 5.92 Å². The van der Waals surface area contributed by atoms with Gasteiger partial charge >= 0.3 is 0 Å². The fraction of sp³-hybridized carbons (Fsp3) is 0.211. The Morgan fingerprint density at radius 3 is 2.68 bits per heavy atom. The fourth-order valence-electron chi connectivity index (χ4n) is 3.10. The first-order valence-electron chi connectivity index (χ1n) is 8.20. The number of aromatic hydroxyl groups is 1. The van der Waals surface area contributed by atoms with E-state index in [1.165, 1.54) is 0 Å². The number of rotatable bonds is 4. The highest BCUT2D eigenvalue weighted by atomic mass is 16.3. The molecule has 3 N–H and O–H groups in total. The molecule has 0 bridgehead atoms. The number of aromatic nitrogens is 4. The van der Waals surface area contributed by atoms with Crippen molar-refractivity contribution in [2.24, 2.45) is 11.7 Å². The number of phenols is 1. The van der Waals surface area contributed by atoms with E-state index in [-0.39, 0.29) is 11.8 Å². The number of imidazole rings is 1. The van der Waals surface area contributed by atoms with Crippen molar-refractivity contribution in [3.8, 4) is 22.7 Å². The quantitative estimate of drug-likeness (QED) is 0.766. The molecule has 0 spiro atoms. The second-order valence-corrected chi connectivity index (χ2v) is 6.41. The van der Waals surface area contributed by atoms with E-state index in [2.05, 4.69) is 21.5 Å². The van der Waals surface area contributed by atoms with Gasteiger partial charge in [0.25, 0.3) is 0 Å². The van der Waals surface area contributed by atoms with Crippen LogP contribution in [0.2, 0.25) is 0 Å². The third-order valence-electron chi connectivity index (χ3n) is 4.71. The number of allylic oxidation sites excluding steroid dienone is 1. The highest BCUT2D eigenvalue weighted by Crippen LogP contribution is 2.36. The van der Waals surface area contributed by atoms with Gasteiger partial charge in [-0.3, -0.25) is 9.97 Å². The van der Waals surface area contributed by atoms with E-state index in [1.807, 2.05) is 22.9 Å². The molecule has 4 rings (SSSR count). The van der Waals surface area contributed by atoms with Crippen molar-refractivity contribution < 1.29 is 5.11 Å². The normalized spacial score (nSPS) is 19.4. The van der Waals surface area contributed by atoms with E-state index in [1.54, 1.807) is 31.0 Å². The van der Waals surface area contributed by atoms with Crippen molar-refractivity contribution in [2.45, 2.75) is 18.9 Å². The average Bonchev–Trinajstić information content (AvgIpc) is 3.13. The molecular weight excluding hydrogens is 314 g/mol. The lowest BCUT2D eigenvalue weighted by Gasteiger charge is -2.33. The summed E-state index contributed by atoms with van der Waals surface area (Å²) >= 11 is 0. The zero-order valence-corrected chi connectivity index (χ0v) is 13.7. The number of nitrogens with two attached hydrogens (primary N) is 1. The largest absolute Gasteiger partial charge is 0.507 e. The van der Waals surface area contributed by atoms with Gasteiger partial charge in [-0.05, 0) is 36.5 Å². The van der Waals surface area contributed by atoms with Gasteiger partial charge in [0.1, 0.15) is 5.75 Å². The van der Waals surface area contributed by atoms with Crippen molar-refractivity contribution in [1.29, 1.82) is 0 Å². The summed E-state index contributed by atoms with van der Waals surface area (Å²) < 4.78 is 1.82. The fourth-order valence-corrected chi connectivity index (χ4v) is 3.10. The zero-order chi connectivity index (χ0) is 17.4. The molecule has 1 aliphatic carbocycles. The molecule has 0 amide bonds. The molecule has 6 heteroatoms. The Morgan fingerprint density at radius 1 is 1.24 bits per heavy atom. The second-order valence-electron chi connectivity index (χ2n) is 6.41. The molecule has 126 valence electrons. The molecule has 1 aliphatic rings. The predicted molar refractivity (Wildman–Crippen MR) is 96.0 cm³/mol. The van der Waals surface area contributed by atoms with Gasteiger partial charge in [0, 0.05) is 30.1 Å². The Hall–Kier alpha value is -2.99. The highest BCUT2D eigenvalue weighted by molar-refractivity contribution is 5.69. The maximum Gasteiger partial charge on any atom is 0.127 e. The van der Waals surface area contributed by atoms with E-state index in [4.69, 9.17) is 5.73 Å². The molecule has 0 radical (unpaired) electrons. The van der Waals surface area contributed by atoms with Crippen LogP contribution >= 0.6 is 0 Å². The molecule has 25 heavy (non-hydrogen) atoms. The van der Waals surface area contributed by atoms with Crippen molar-refractivity contribution >= 4 is 5.57 Å². The summed E-state index contributed by atoms with van der Waals surface area (Å²) in [5.41, 5.74) is 9.70. The minimum atomic E-state index is 0.150. The summed E-state index contributed by atoms with van der Waals surface area (Å²) in [5, 5.41) is 10.4. The van der Waals surface area contributed by atoms with Crippen LogP contribution in [0.25, 0.3) is 22.5 Å². The Balaban J connectivity index is 1.57. The van der Waals surface area contributed by atoms with Crippen LogP contribution < -0.4 is 5.73 Å². The highest BCUT2D eigenvalue weighted by Gasteiger charge is 2.29. The molecule has 0 saturated heterocycles. The van der Waals surface area contributed by atoms with Crippen LogP contribution in [-0.2, 0) is 0 Å². The second kappa shape index (κ2) is 6.14. The topological polar surface area (TPSA) is 89.8 Å². The molecule has 1 aromatic carbocycles. The molecule has 0 atom stereocenters. The summed E-state index contributed by atoms with van der Waals surface area (Å²) in [6.45, 7) is 4.13. The first-order chi connectivity index (χ1) is 12.1. The molecule has 2 aromatic heterocycles. The Kier molecular flexibility index (Phi) is 3.82. The average molecular weight is 333 g/mol. The van der Waals surface area contributed by atoms with Crippen LogP contribution in [0.1, 0.15) is 18.5 Å². The number of hydrogen-bond acceptors (Lipinski definition) is 5. The van der Waals surface area contributed by atoms with Crippen LogP contribution in [0.15, 0.2) is 55.9 Å². The van der Waals surface area contributed by atoms with Gasteiger partial charge in [0.05, 0.1) is 35.8 Å². The van der Waals surface area contributed by atoms with E-state index in [9.17, 15) is 5.11 Å². The van der Waals surface area contributed by atoms with E-state index < -0.39 is 0 Å². The maximum atomic E-state index is 10.4. The molecule has 3 aromatic rings. The smallest absolute Gasteiger partial charge is 0.127 e. The lowest BCUT2D eigenvalue weighted by Crippen LogP contribution is -2.36. The number of benzene rings is 1. The summed E-state index contributed by atoms with van der Waals surface area (Å²) in [6.07, 6.45) is 10.5. The Morgan fingerprint density at radius 2 is 2.08 bits per heavy atom. The maximum absolute atomic E-state index is 10.4. The van der Waals surface area contributed by atoms with Gasteiger partial charge in [-0.1, -0.05) is 6.58 Å². The van der Waals surface area contributed by atoms with Crippen molar-refractivity contribution in [1.82, 2.24) is 19.5 Å². The SMILES string of the molecule is C=C(c1cnc(-c2ccc(-n3ccnc3)cc2O)cn1)[C@H]1C[C@@H](N)C1. The van der Waals surface area contributed by atoms with E-state index in [0.29, 0.717) is 17.2 Å². The standard InChI is InChI=1S/C19H19N5O/c1-12(13-6-14(20)7-13)17-9-23-18(10-22-17)16-3-2-15(8-19(16)25)24-5-4-21-11-24/h2-5,8-11,13-14,25H,1,6-7,20H2/t13-,14+. The molecule has 1 fully saturated rings.